The molecular weight excluding hydrogens is 410 g/mol. The Labute approximate surface area is 174 Å². The molecule has 0 radical (unpaired) electrons. The molecule has 160 valence electrons. The Morgan fingerprint density at radius 1 is 1.42 bits per heavy atom. The summed E-state index contributed by atoms with van der Waals surface area (Å²) in [5, 5.41) is 25.3. The van der Waals surface area contributed by atoms with Crippen LogP contribution in [0, 0.1) is 28.4 Å². The molecule has 0 spiro atoms. The van der Waals surface area contributed by atoms with Gasteiger partial charge in [0.1, 0.15) is 29.2 Å². The number of allylic oxidation sites excluding steroid dienone is 1. The molecule has 2 N–H and O–H groups in total. The number of nitrogens with zero attached hydrogens (tertiary/aromatic N) is 3. The van der Waals surface area contributed by atoms with Gasteiger partial charge in [0.15, 0.2) is 0 Å². The van der Waals surface area contributed by atoms with Crippen molar-refractivity contribution in [2.24, 2.45) is 0 Å². The minimum atomic E-state index is -1.01. The van der Waals surface area contributed by atoms with Crippen LogP contribution in [-0.2, 0) is 16.1 Å². The van der Waals surface area contributed by atoms with E-state index in [1.807, 2.05) is 0 Å². The van der Waals surface area contributed by atoms with E-state index in [9.17, 15) is 24.5 Å². The first-order valence-corrected chi connectivity index (χ1v) is 9.08. The third-order valence-corrected chi connectivity index (χ3v) is 4.43. The maximum atomic E-state index is 12.7. The highest BCUT2D eigenvalue weighted by molar-refractivity contribution is 5.94. The van der Waals surface area contributed by atoms with Crippen molar-refractivity contribution in [2.45, 2.75) is 26.4 Å². The topological polar surface area (TPSA) is 170 Å². The highest BCUT2D eigenvalue weighted by Gasteiger charge is 2.36. The van der Waals surface area contributed by atoms with Gasteiger partial charge in [-0.3, -0.25) is 14.9 Å². The van der Waals surface area contributed by atoms with Gasteiger partial charge in [-0.25, -0.2) is 9.59 Å². The van der Waals surface area contributed by atoms with E-state index in [-0.39, 0.29) is 23.6 Å². The first kappa shape index (κ1) is 21.3. The van der Waals surface area contributed by atoms with Gasteiger partial charge in [0.25, 0.3) is 11.2 Å². The molecule has 3 rings (SSSR count). The summed E-state index contributed by atoms with van der Waals surface area (Å²) in [7, 11) is 0. The number of hydrogen-bond acceptors (Lipinski definition) is 8. The number of hydrogen-bond donors (Lipinski definition) is 2. The summed E-state index contributed by atoms with van der Waals surface area (Å²) in [6.07, 6.45) is 0.930. The lowest BCUT2D eigenvalue weighted by Gasteiger charge is -2.28. The van der Waals surface area contributed by atoms with Crippen LogP contribution in [0.3, 0.4) is 0 Å². The molecule has 0 bridgehead atoms. The number of aryl methyl sites for hydroxylation is 1. The lowest BCUT2D eigenvalue weighted by molar-refractivity contribution is -0.385. The minimum Gasteiger partial charge on any atom is -0.464 e. The fraction of sp³-hybridized carbons (Fsp3) is 0.263. The second kappa shape index (κ2) is 8.54. The fourth-order valence-electron chi connectivity index (χ4n) is 3.10. The number of esters is 1. The van der Waals surface area contributed by atoms with E-state index < -0.39 is 46.3 Å². The molecule has 0 saturated heterocycles. The lowest BCUT2D eigenvalue weighted by Crippen LogP contribution is -2.47. The molecule has 3 heterocycles. The number of carbonyl (C=O) groups excluding carboxylic acids is 2. The minimum absolute atomic E-state index is 0.0206. The quantitative estimate of drug-likeness (QED) is 0.396. The zero-order valence-corrected chi connectivity index (χ0v) is 16.5. The Bertz CT molecular complexity index is 1200. The number of urea groups is 1. The molecule has 0 aromatic carbocycles. The van der Waals surface area contributed by atoms with Gasteiger partial charge in [0.05, 0.1) is 35.5 Å². The van der Waals surface area contributed by atoms with E-state index in [1.54, 1.807) is 32.0 Å². The maximum Gasteiger partial charge on any atom is 0.338 e. The molecule has 12 heteroatoms. The molecule has 0 saturated carbocycles. The number of furan rings is 1. The van der Waals surface area contributed by atoms with Crippen LogP contribution in [0.4, 0.5) is 10.5 Å². The summed E-state index contributed by atoms with van der Waals surface area (Å²) >= 11 is 0. The summed E-state index contributed by atoms with van der Waals surface area (Å²) in [4.78, 5) is 47.9. The van der Waals surface area contributed by atoms with Gasteiger partial charge in [0.2, 0.25) is 0 Å². The molecule has 2 aromatic rings. The Hall–Kier alpha value is -4.40. The summed E-state index contributed by atoms with van der Waals surface area (Å²) in [6.45, 7) is 2.91. The Morgan fingerprint density at radius 3 is 2.74 bits per heavy atom. The highest BCUT2D eigenvalue weighted by Crippen LogP contribution is 2.29. The summed E-state index contributed by atoms with van der Waals surface area (Å²) < 4.78 is 11.5. The molecule has 1 atom stereocenters. The molecule has 12 nitrogen and oxygen atoms in total. The van der Waals surface area contributed by atoms with E-state index in [4.69, 9.17) is 14.4 Å². The molecule has 31 heavy (non-hydrogen) atoms. The fourth-order valence-corrected chi connectivity index (χ4v) is 3.10. The molecule has 2 aromatic heterocycles. The van der Waals surface area contributed by atoms with Gasteiger partial charge in [-0.2, -0.15) is 5.26 Å². The van der Waals surface area contributed by atoms with Gasteiger partial charge in [-0.15, -0.1) is 0 Å². The predicted molar refractivity (Wildman–Crippen MR) is 104 cm³/mol. The summed E-state index contributed by atoms with van der Waals surface area (Å²) in [6, 6.07) is 4.00. The number of nitriles is 1. The van der Waals surface area contributed by atoms with Crippen LogP contribution in [0.15, 0.2) is 44.9 Å². The molecule has 1 aliphatic heterocycles. The van der Waals surface area contributed by atoms with Crippen molar-refractivity contribution in [3.63, 3.8) is 0 Å². The van der Waals surface area contributed by atoms with Crippen molar-refractivity contribution in [2.75, 3.05) is 6.61 Å². The van der Waals surface area contributed by atoms with Crippen molar-refractivity contribution >= 4 is 17.7 Å². The first-order valence-electron chi connectivity index (χ1n) is 9.08. The summed E-state index contributed by atoms with van der Waals surface area (Å²) in [5.41, 5.74) is -1.82. The third kappa shape index (κ3) is 4.30. The average molecular weight is 427 g/mol. The van der Waals surface area contributed by atoms with Gasteiger partial charge in [-0.1, -0.05) is 0 Å². The highest BCUT2D eigenvalue weighted by atomic mass is 16.6. The standard InChI is InChI=1S/C19H17N5O7/c1-3-30-18(26)15-13(21-19(27)22-16(15)14-5-4-10(2)31-14)9-23-8-12(24(28)29)6-11(7-20)17(23)25/h4-6,8,16H,3,9H2,1-2H3,(H2,21,22,27). The Morgan fingerprint density at radius 2 is 2.16 bits per heavy atom. The first-order chi connectivity index (χ1) is 14.7. The van der Waals surface area contributed by atoms with Crippen LogP contribution < -0.4 is 16.2 Å². The SMILES string of the molecule is CCOC(=O)C1=C(Cn2cc([N+](=O)[O-])cc(C#N)c2=O)NC(=O)NC1c1ccc(C)o1. The molecule has 0 fully saturated rings. The number of aromatic nitrogens is 1. The van der Waals surface area contributed by atoms with Gasteiger partial charge >= 0.3 is 12.0 Å². The normalized spacial score (nSPS) is 15.6. The number of nitrogens with one attached hydrogen (secondary N) is 2. The smallest absolute Gasteiger partial charge is 0.338 e. The van der Waals surface area contributed by atoms with E-state index in [0.29, 0.717) is 5.76 Å². The number of carbonyl (C=O) groups is 2. The zero-order chi connectivity index (χ0) is 22.7. The number of pyridine rings is 1. The van der Waals surface area contributed by atoms with Crippen molar-refractivity contribution in [3.05, 3.63) is 73.2 Å². The van der Waals surface area contributed by atoms with Gasteiger partial charge < -0.3 is 24.4 Å². The van der Waals surface area contributed by atoms with Crippen molar-refractivity contribution in [3.8, 4) is 6.07 Å². The van der Waals surface area contributed by atoms with E-state index in [0.717, 1.165) is 16.8 Å². The average Bonchev–Trinajstić information content (AvgIpc) is 3.15. The van der Waals surface area contributed by atoms with Gasteiger partial charge in [-0.05, 0) is 26.0 Å². The van der Waals surface area contributed by atoms with Crippen molar-refractivity contribution in [1.29, 1.82) is 5.26 Å². The van der Waals surface area contributed by atoms with Crippen LogP contribution in [0.5, 0.6) is 0 Å². The third-order valence-electron chi connectivity index (χ3n) is 4.43. The van der Waals surface area contributed by atoms with E-state index >= 15 is 0 Å². The van der Waals surface area contributed by atoms with Crippen LogP contribution in [0.1, 0.15) is 30.0 Å². The number of amides is 2. The zero-order valence-electron chi connectivity index (χ0n) is 16.5. The number of nitro groups is 1. The van der Waals surface area contributed by atoms with Crippen LogP contribution in [-0.4, -0.2) is 28.1 Å². The molecule has 0 aliphatic carbocycles. The van der Waals surface area contributed by atoms with Crippen LogP contribution in [0.2, 0.25) is 0 Å². The van der Waals surface area contributed by atoms with Crippen molar-refractivity contribution in [1.82, 2.24) is 15.2 Å². The number of rotatable bonds is 6. The van der Waals surface area contributed by atoms with Crippen LogP contribution >= 0.6 is 0 Å². The molecule has 2 amide bonds. The second-order valence-electron chi connectivity index (χ2n) is 6.51. The molecule has 1 unspecified atom stereocenters. The Kier molecular flexibility index (Phi) is 5.87. The number of ether oxygens (including phenoxy) is 1. The van der Waals surface area contributed by atoms with Gasteiger partial charge in [0, 0.05) is 6.07 Å². The Balaban J connectivity index is 2.17. The largest absolute Gasteiger partial charge is 0.464 e. The summed E-state index contributed by atoms with van der Waals surface area (Å²) in [5.74, 6) is 0.0288. The lowest BCUT2D eigenvalue weighted by atomic mass is 10.00. The monoisotopic (exact) mass is 427 g/mol. The van der Waals surface area contributed by atoms with Crippen LogP contribution in [0.25, 0.3) is 0 Å². The van der Waals surface area contributed by atoms with Crippen molar-refractivity contribution < 1.29 is 23.7 Å². The second-order valence-corrected chi connectivity index (χ2v) is 6.51. The molecule has 1 aliphatic rings. The molecular formula is C19H17N5O7. The predicted octanol–water partition coefficient (Wildman–Crippen LogP) is 1.40. The maximum absolute atomic E-state index is 12.7. The van der Waals surface area contributed by atoms with E-state index in [2.05, 4.69) is 10.6 Å². The van der Waals surface area contributed by atoms with E-state index in [1.165, 1.54) is 0 Å².